The summed E-state index contributed by atoms with van der Waals surface area (Å²) in [6.07, 6.45) is 1.69. The van der Waals surface area contributed by atoms with E-state index in [1.807, 2.05) is 13.8 Å². The van der Waals surface area contributed by atoms with Gasteiger partial charge in [0.25, 0.3) is 0 Å². The first-order valence-electron chi connectivity index (χ1n) is 3.64. The largest absolute Gasteiger partial charge is 0.390 e. The highest BCUT2D eigenvalue weighted by molar-refractivity contribution is 5.51. The molecule has 0 aliphatic rings. The smallest absolute Gasteiger partial charge is 0.122 e. The fourth-order valence-corrected chi connectivity index (χ4v) is 1.14. The number of aliphatic hydroxyl groups is 1. The summed E-state index contributed by atoms with van der Waals surface area (Å²) in [5.41, 5.74) is -0.796. The molecule has 60 valence electrons. The van der Waals surface area contributed by atoms with Crippen LogP contribution in [0, 0.1) is 5.92 Å². The minimum atomic E-state index is -0.796. The van der Waals surface area contributed by atoms with Crippen molar-refractivity contribution in [3.05, 3.63) is 0 Å². The van der Waals surface area contributed by atoms with Crippen molar-refractivity contribution in [2.75, 3.05) is 0 Å². The fourth-order valence-electron chi connectivity index (χ4n) is 1.14. The van der Waals surface area contributed by atoms with Gasteiger partial charge in [0.05, 0.1) is 5.60 Å². The van der Waals surface area contributed by atoms with Crippen LogP contribution in [0.1, 0.15) is 33.6 Å². The molecule has 0 radical (unpaired) electrons. The predicted molar refractivity (Wildman–Crippen MR) is 40.8 cm³/mol. The molecule has 2 heteroatoms. The molecule has 0 fully saturated rings. The normalized spacial score (nSPS) is 16.9. The molecule has 1 unspecified atom stereocenters. The Kier molecular flexibility index (Phi) is 3.58. The van der Waals surface area contributed by atoms with E-state index in [0.717, 1.165) is 6.29 Å². The van der Waals surface area contributed by atoms with E-state index < -0.39 is 5.60 Å². The molecule has 2 nitrogen and oxygen atoms in total. The van der Waals surface area contributed by atoms with Gasteiger partial charge in [0.1, 0.15) is 6.29 Å². The fraction of sp³-hybridized carbons (Fsp3) is 0.875. The lowest BCUT2D eigenvalue weighted by Crippen LogP contribution is -2.26. The van der Waals surface area contributed by atoms with Crippen molar-refractivity contribution in [2.24, 2.45) is 5.92 Å². The molecule has 1 atom stereocenters. The van der Waals surface area contributed by atoms with Crippen LogP contribution in [0.25, 0.3) is 0 Å². The number of carbonyl (C=O) groups is 1. The molecule has 1 N–H and O–H groups in total. The molecule has 0 saturated carbocycles. The topological polar surface area (TPSA) is 37.3 Å². The molecule has 0 aromatic rings. The summed E-state index contributed by atoms with van der Waals surface area (Å²) in [6, 6.07) is 0. The Balaban J connectivity index is 3.73. The quantitative estimate of drug-likeness (QED) is 0.605. The van der Waals surface area contributed by atoms with Gasteiger partial charge >= 0.3 is 0 Å². The highest BCUT2D eigenvalue weighted by atomic mass is 16.3. The van der Waals surface area contributed by atoms with Crippen LogP contribution in [0.5, 0.6) is 0 Å². The highest BCUT2D eigenvalue weighted by Crippen LogP contribution is 2.18. The third kappa shape index (κ3) is 4.50. The van der Waals surface area contributed by atoms with Gasteiger partial charge in [0.2, 0.25) is 0 Å². The summed E-state index contributed by atoms with van der Waals surface area (Å²) in [6.45, 7) is 5.75. The maximum atomic E-state index is 10.0. The molecule has 0 aliphatic carbocycles. The number of hydrogen-bond acceptors (Lipinski definition) is 2. The Labute approximate surface area is 62.2 Å². The predicted octanol–water partition coefficient (Wildman–Crippen LogP) is 1.37. The van der Waals surface area contributed by atoms with Crippen LogP contribution in [-0.2, 0) is 4.79 Å². The number of aldehydes is 1. The third-order valence-electron chi connectivity index (χ3n) is 1.37. The van der Waals surface area contributed by atoms with E-state index in [1.165, 1.54) is 0 Å². The van der Waals surface area contributed by atoms with E-state index in [-0.39, 0.29) is 6.42 Å². The summed E-state index contributed by atoms with van der Waals surface area (Å²) >= 11 is 0. The van der Waals surface area contributed by atoms with Crippen molar-refractivity contribution in [1.29, 1.82) is 0 Å². The average Bonchev–Trinajstić information content (AvgIpc) is 1.59. The second kappa shape index (κ2) is 3.71. The number of hydrogen-bond donors (Lipinski definition) is 1. The van der Waals surface area contributed by atoms with Gasteiger partial charge in [-0.1, -0.05) is 13.8 Å². The lowest BCUT2D eigenvalue weighted by Gasteiger charge is -2.22. The lowest BCUT2D eigenvalue weighted by molar-refractivity contribution is -0.112. The van der Waals surface area contributed by atoms with E-state index in [9.17, 15) is 9.90 Å². The summed E-state index contributed by atoms with van der Waals surface area (Å²) in [7, 11) is 0. The molecule has 0 rings (SSSR count). The van der Waals surface area contributed by atoms with Gasteiger partial charge < -0.3 is 9.90 Å². The molecule has 0 saturated heterocycles. The van der Waals surface area contributed by atoms with Crippen molar-refractivity contribution < 1.29 is 9.90 Å². The molecule has 0 aliphatic heterocycles. The van der Waals surface area contributed by atoms with Crippen LogP contribution in [0.2, 0.25) is 0 Å². The summed E-state index contributed by atoms with van der Waals surface area (Å²) in [4.78, 5) is 10.0. The maximum absolute atomic E-state index is 10.0. The summed E-state index contributed by atoms with van der Waals surface area (Å²) < 4.78 is 0. The molecular weight excluding hydrogens is 128 g/mol. The summed E-state index contributed by atoms with van der Waals surface area (Å²) in [5, 5.41) is 9.45. The number of carbonyl (C=O) groups excluding carboxylic acids is 1. The Morgan fingerprint density at radius 1 is 1.60 bits per heavy atom. The van der Waals surface area contributed by atoms with Gasteiger partial charge in [-0.15, -0.1) is 0 Å². The minimum Gasteiger partial charge on any atom is -0.390 e. The Hall–Kier alpha value is -0.370. The Morgan fingerprint density at radius 2 is 2.10 bits per heavy atom. The first kappa shape index (κ1) is 9.63. The van der Waals surface area contributed by atoms with Crippen molar-refractivity contribution in [1.82, 2.24) is 0 Å². The zero-order chi connectivity index (χ0) is 8.20. The zero-order valence-corrected chi connectivity index (χ0v) is 6.92. The van der Waals surface area contributed by atoms with E-state index in [0.29, 0.717) is 12.3 Å². The van der Waals surface area contributed by atoms with Crippen LogP contribution in [0.3, 0.4) is 0 Å². The molecular formula is C8H16O2. The summed E-state index contributed by atoms with van der Waals surface area (Å²) in [5.74, 6) is 0.440. The van der Waals surface area contributed by atoms with Gasteiger partial charge in [0, 0.05) is 6.42 Å². The highest BCUT2D eigenvalue weighted by Gasteiger charge is 2.20. The minimum absolute atomic E-state index is 0.241. The van der Waals surface area contributed by atoms with Gasteiger partial charge in [-0.3, -0.25) is 0 Å². The van der Waals surface area contributed by atoms with Crippen molar-refractivity contribution >= 4 is 6.29 Å². The molecule has 0 heterocycles. The zero-order valence-electron chi connectivity index (χ0n) is 6.92. The second-order valence-corrected chi connectivity index (χ2v) is 3.47. The van der Waals surface area contributed by atoms with E-state index in [2.05, 4.69) is 0 Å². The van der Waals surface area contributed by atoms with Crippen LogP contribution >= 0.6 is 0 Å². The van der Waals surface area contributed by atoms with Crippen LogP contribution in [0.4, 0.5) is 0 Å². The molecule has 10 heavy (non-hydrogen) atoms. The van der Waals surface area contributed by atoms with Crippen LogP contribution < -0.4 is 0 Å². The average molecular weight is 144 g/mol. The molecule has 0 spiro atoms. The maximum Gasteiger partial charge on any atom is 0.122 e. The standard InChI is InChI=1S/C8H16O2/c1-7(2)6-8(3,10)4-5-9/h5,7,10H,4,6H2,1-3H3. The van der Waals surface area contributed by atoms with Gasteiger partial charge in [0.15, 0.2) is 0 Å². The Bertz CT molecular complexity index is 106. The first-order valence-corrected chi connectivity index (χ1v) is 3.64. The van der Waals surface area contributed by atoms with Crippen LogP contribution in [-0.4, -0.2) is 17.0 Å². The van der Waals surface area contributed by atoms with Gasteiger partial charge in [-0.25, -0.2) is 0 Å². The van der Waals surface area contributed by atoms with E-state index >= 15 is 0 Å². The first-order chi connectivity index (χ1) is 4.48. The van der Waals surface area contributed by atoms with Crippen molar-refractivity contribution in [3.8, 4) is 0 Å². The monoisotopic (exact) mass is 144 g/mol. The van der Waals surface area contributed by atoms with E-state index in [1.54, 1.807) is 6.92 Å². The third-order valence-corrected chi connectivity index (χ3v) is 1.37. The van der Waals surface area contributed by atoms with Gasteiger partial charge in [-0.05, 0) is 19.3 Å². The second-order valence-electron chi connectivity index (χ2n) is 3.47. The van der Waals surface area contributed by atoms with E-state index in [4.69, 9.17) is 0 Å². The molecule has 0 amide bonds. The van der Waals surface area contributed by atoms with Crippen LogP contribution in [0.15, 0.2) is 0 Å². The molecule has 0 bridgehead atoms. The van der Waals surface area contributed by atoms with Gasteiger partial charge in [-0.2, -0.15) is 0 Å². The van der Waals surface area contributed by atoms with Crippen molar-refractivity contribution in [2.45, 2.75) is 39.2 Å². The number of rotatable bonds is 4. The lowest BCUT2D eigenvalue weighted by atomic mass is 9.92. The Morgan fingerprint density at radius 3 is 2.40 bits per heavy atom. The molecule has 0 aromatic heterocycles. The molecule has 0 aromatic carbocycles. The van der Waals surface area contributed by atoms with Crippen molar-refractivity contribution in [3.63, 3.8) is 0 Å². The SMILES string of the molecule is CC(C)CC(C)(O)CC=O.